The molecule has 1 aromatic heterocycles. The molecule has 0 aliphatic rings. The van der Waals surface area contributed by atoms with Gasteiger partial charge in [-0.3, -0.25) is 4.68 Å². The van der Waals surface area contributed by atoms with Crippen LogP contribution in [0.5, 0.6) is 0 Å². The van der Waals surface area contributed by atoms with E-state index < -0.39 is 13.4 Å². The van der Waals surface area contributed by atoms with E-state index in [1.807, 2.05) is 0 Å². The molecule has 0 N–H and O–H groups in total. The van der Waals surface area contributed by atoms with E-state index in [9.17, 15) is 12.9 Å². The van der Waals surface area contributed by atoms with Gasteiger partial charge >= 0.3 is 58.4 Å². The average molecular weight is 239 g/mol. The summed E-state index contributed by atoms with van der Waals surface area (Å²) in [5.41, 5.74) is 0.888. The normalized spacial score (nSPS) is 11.4. The van der Waals surface area contributed by atoms with Gasteiger partial charge in [-0.05, 0) is 12.1 Å². The maximum Gasteiger partial charge on any atom is 1.00 e. The van der Waals surface area contributed by atoms with Crippen molar-refractivity contribution < 1.29 is 64.3 Å². The van der Waals surface area contributed by atoms with Crippen molar-refractivity contribution >= 4 is 18.0 Å². The summed E-state index contributed by atoms with van der Waals surface area (Å²) in [7, 11) is 0. The number of aromatic nitrogens is 3. The molecule has 74 valence electrons. The first-order valence-corrected chi connectivity index (χ1v) is 4.05. The molecule has 0 bridgehead atoms. The van der Waals surface area contributed by atoms with Crippen molar-refractivity contribution in [1.29, 1.82) is 0 Å². The Hall–Kier alpha value is 0.111. The van der Waals surface area contributed by atoms with Crippen LogP contribution >= 0.6 is 0 Å². The number of para-hydroxylation sites is 1. The Labute approximate surface area is 126 Å². The van der Waals surface area contributed by atoms with Gasteiger partial charge in [-0.2, -0.15) is 0 Å². The van der Waals surface area contributed by atoms with E-state index in [1.54, 1.807) is 24.3 Å². The Morgan fingerprint density at radius 2 is 1.87 bits per heavy atom. The summed E-state index contributed by atoms with van der Waals surface area (Å²) in [4.78, 5) is 0. The second-order valence-electron chi connectivity index (χ2n) is 2.97. The summed E-state index contributed by atoms with van der Waals surface area (Å²) in [6, 6.07) is 6.56. The van der Waals surface area contributed by atoms with Crippen LogP contribution in [0.25, 0.3) is 11.0 Å². The van der Waals surface area contributed by atoms with Gasteiger partial charge in [0.1, 0.15) is 5.52 Å². The number of rotatable bonds is 2. The Balaban J connectivity index is 0.00000112. The van der Waals surface area contributed by atoms with E-state index in [1.165, 1.54) is 0 Å². The number of benzene rings is 1. The van der Waals surface area contributed by atoms with Gasteiger partial charge in [-0.25, -0.2) is 0 Å². The fourth-order valence-corrected chi connectivity index (χ4v) is 1.25. The Morgan fingerprint density at radius 1 is 1.20 bits per heavy atom. The molecule has 0 saturated carbocycles. The third kappa shape index (κ3) is 3.28. The van der Waals surface area contributed by atoms with Crippen molar-refractivity contribution in [2.24, 2.45) is 0 Å². The fraction of sp³-hybridized carbons (Fsp3) is 0.143. The van der Waals surface area contributed by atoms with Crippen LogP contribution < -0.4 is 51.4 Å². The van der Waals surface area contributed by atoms with E-state index in [-0.39, 0.29) is 51.4 Å². The molecule has 0 atom stereocenters. The first kappa shape index (κ1) is 13.2. The minimum atomic E-state index is -4.88. The molecule has 0 aliphatic carbocycles. The van der Waals surface area contributed by atoms with Gasteiger partial charge in [0.05, 0.1) is 5.52 Å². The van der Waals surface area contributed by atoms with Crippen molar-refractivity contribution in [2.45, 2.75) is 6.44 Å². The average Bonchev–Trinajstić information content (AvgIpc) is 2.47. The molecular formula is C7H6BF3KN3. The van der Waals surface area contributed by atoms with Gasteiger partial charge in [0.2, 0.25) is 0 Å². The zero-order chi connectivity index (χ0) is 10.2. The molecule has 1 heterocycles. The molecule has 2 aromatic rings. The number of hydrogen-bond donors (Lipinski definition) is 0. The summed E-state index contributed by atoms with van der Waals surface area (Å²) >= 11 is 0. The second kappa shape index (κ2) is 4.96. The number of nitrogens with zero attached hydrogens (tertiary/aromatic N) is 3. The van der Waals surface area contributed by atoms with Crippen LogP contribution in [0.15, 0.2) is 24.3 Å². The van der Waals surface area contributed by atoms with E-state index >= 15 is 0 Å². The molecule has 0 amide bonds. The van der Waals surface area contributed by atoms with Crippen molar-refractivity contribution in [3.8, 4) is 0 Å². The second-order valence-corrected chi connectivity index (χ2v) is 2.97. The van der Waals surface area contributed by atoms with Crippen LogP contribution in [0.1, 0.15) is 0 Å². The maximum absolute atomic E-state index is 12.1. The summed E-state index contributed by atoms with van der Waals surface area (Å²) in [5.74, 6) is 0. The Bertz CT molecular complexity index is 456. The van der Waals surface area contributed by atoms with E-state index in [0.717, 1.165) is 4.68 Å². The SMILES string of the molecule is F[B-](F)(F)Cn1nnc2ccccc21.[K+]. The first-order valence-electron chi connectivity index (χ1n) is 4.05. The summed E-state index contributed by atoms with van der Waals surface area (Å²) in [6.07, 6.45) is -1.04. The predicted molar refractivity (Wildman–Crippen MR) is 46.6 cm³/mol. The van der Waals surface area contributed by atoms with E-state index in [2.05, 4.69) is 10.3 Å². The number of fused-ring (bicyclic) bond motifs is 1. The molecule has 1 aromatic carbocycles. The molecule has 0 fully saturated rings. The largest absolute Gasteiger partial charge is 1.00 e. The smallest absolute Gasteiger partial charge is 0.448 e. The zero-order valence-corrected chi connectivity index (χ0v) is 11.2. The van der Waals surface area contributed by atoms with Crippen molar-refractivity contribution in [3.63, 3.8) is 0 Å². The predicted octanol–water partition coefficient (Wildman–Crippen LogP) is -1.18. The Morgan fingerprint density at radius 3 is 2.53 bits per heavy atom. The van der Waals surface area contributed by atoms with Crippen LogP contribution in [0, 0.1) is 0 Å². The van der Waals surface area contributed by atoms with Crippen LogP contribution in [-0.4, -0.2) is 22.0 Å². The van der Waals surface area contributed by atoms with Crippen LogP contribution in [0.2, 0.25) is 0 Å². The summed E-state index contributed by atoms with van der Waals surface area (Å²) in [6.45, 7) is -4.88. The summed E-state index contributed by atoms with van der Waals surface area (Å²) in [5, 5.41) is 7.07. The Kier molecular flexibility index (Phi) is 4.36. The number of halogens is 3. The van der Waals surface area contributed by atoms with E-state index in [4.69, 9.17) is 0 Å². The quantitative estimate of drug-likeness (QED) is 0.618. The molecule has 0 spiro atoms. The van der Waals surface area contributed by atoms with Gasteiger partial charge in [0.15, 0.2) is 0 Å². The van der Waals surface area contributed by atoms with Crippen molar-refractivity contribution in [1.82, 2.24) is 15.0 Å². The molecule has 0 radical (unpaired) electrons. The minimum Gasteiger partial charge on any atom is -0.448 e. The van der Waals surface area contributed by atoms with Gasteiger partial charge < -0.3 is 12.9 Å². The van der Waals surface area contributed by atoms with Crippen LogP contribution in [-0.2, 0) is 6.44 Å². The molecule has 0 saturated heterocycles. The van der Waals surface area contributed by atoms with E-state index in [0.29, 0.717) is 11.0 Å². The first-order chi connectivity index (χ1) is 6.56. The molecule has 15 heavy (non-hydrogen) atoms. The fourth-order valence-electron chi connectivity index (χ4n) is 1.25. The minimum absolute atomic E-state index is 0. The van der Waals surface area contributed by atoms with Gasteiger partial charge in [-0.1, -0.05) is 17.3 Å². The molecule has 8 heteroatoms. The maximum atomic E-state index is 12.1. The van der Waals surface area contributed by atoms with Gasteiger partial charge in [-0.15, -0.1) is 5.10 Å². The van der Waals surface area contributed by atoms with Crippen molar-refractivity contribution in [3.05, 3.63) is 24.3 Å². The van der Waals surface area contributed by atoms with Gasteiger partial charge in [0.25, 0.3) is 0 Å². The molecule has 3 nitrogen and oxygen atoms in total. The summed E-state index contributed by atoms with van der Waals surface area (Å²) < 4.78 is 37.2. The number of hydrogen-bond acceptors (Lipinski definition) is 2. The standard InChI is InChI=1S/C7H6BF3N3.K/c9-8(10,11)5-14-7-4-2-1-3-6(7)12-13-14;/h1-4H,5H2;/q-1;+1. The van der Waals surface area contributed by atoms with Gasteiger partial charge in [0, 0.05) is 6.44 Å². The third-order valence-corrected chi connectivity index (χ3v) is 1.80. The molecule has 0 aliphatic heterocycles. The third-order valence-electron chi connectivity index (χ3n) is 1.80. The molecule has 2 rings (SSSR count). The van der Waals surface area contributed by atoms with Crippen LogP contribution in [0.3, 0.4) is 0 Å². The van der Waals surface area contributed by atoms with Crippen LogP contribution in [0.4, 0.5) is 12.9 Å². The monoisotopic (exact) mass is 239 g/mol. The molecule has 0 unspecified atom stereocenters. The topological polar surface area (TPSA) is 30.7 Å². The zero-order valence-electron chi connectivity index (χ0n) is 8.07. The van der Waals surface area contributed by atoms with Crippen molar-refractivity contribution in [2.75, 3.05) is 0 Å². The molecular weight excluding hydrogens is 233 g/mol.